The van der Waals surface area contributed by atoms with Crippen LogP contribution in [-0.4, -0.2) is 19.7 Å². The van der Waals surface area contributed by atoms with E-state index >= 15 is 0 Å². The fraction of sp³-hybridized carbons (Fsp3) is 0.182. The molecule has 1 aromatic rings. The molecule has 1 heterocycles. The van der Waals surface area contributed by atoms with Crippen molar-refractivity contribution in [2.24, 2.45) is 0 Å². The van der Waals surface area contributed by atoms with E-state index in [1.807, 2.05) is 18.2 Å². The average molecular weight is 222 g/mol. The predicted octanol–water partition coefficient (Wildman–Crippen LogP) is 1.92. The molecule has 0 aromatic heterocycles. The van der Waals surface area contributed by atoms with Gasteiger partial charge in [-0.15, -0.1) is 12.6 Å². The lowest BCUT2D eigenvalue weighted by atomic mass is 10.1. The first-order valence-electron chi connectivity index (χ1n) is 4.45. The summed E-state index contributed by atoms with van der Waals surface area (Å²) >= 11 is 4.22. The topological polar surface area (TPSA) is 35.5 Å². The van der Waals surface area contributed by atoms with Crippen LogP contribution < -0.4 is 4.74 Å². The third-order valence-corrected chi connectivity index (χ3v) is 2.43. The average Bonchev–Trinajstić information content (AvgIpc) is 2.27. The van der Waals surface area contributed by atoms with Crippen molar-refractivity contribution in [1.29, 1.82) is 0 Å². The number of hydrogen-bond acceptors (Lipinski definition) is 4. The molecule has 3 nitrogen and oxygen atoms in total. The van der Waals surface area contributed by atoms with E-state index in [0.29, 0.717) is 5.57 Å². The first-order valence-corrected chi connectivity index (χ1v) is 4.90. The minimum atomic E-state index is -0.356. The maximum absolute atomic E-state index is 11.3. The van der Waals surface area contributed by atoms with Crippen molar-refractivity contribution in [3.05, 3.63) is 29.3 Å². The van der Waals surface area contributed by atoms with E-state index in [0.717, 1.165) is 16.2 Å². The maximum atomic E-state index is 11.3. The van der Waals surface area contributed by atoms with Gasteiger partial charge in [-0.2, -0.15) is 0 Å². The van der Waals surface area contributed by atoms with Crippen LogP contribution in [0, 0.1) is 0 Å². The van der Waals surface area contributed by atoms with Crippen LogP contribution in [0.5, 0.6) is 5.75 Å². The molecule has 78 valence electrons. The van der Waals surface area contributed by atoms with Crippen molar-refractivity contribution in [2.45, 2.75) is 4.90 Å². The van der Waals surface area contributed by atoms with E-state index in [1.54, 1.807) is 6.08 Å². The molecule has 1 aliphatic heterocycles. The molecule has 2 rings (SSSR count). The van der Waals surface area contributed by atoms with E-state index in [4.69, 9.17) is 4.74 Å². The second-order valence-corrected chi connectivity index (χ2v) is 3.69. The van der Waals surface area contributed by atoms with Crippen molar-refractivity contribution in [3.63, 3.8) is 0 Å². The molecule has 0 radical (unpaired) electrons. The number of hydrogen-bond donors (Lipinski definition) is 1. The quantitative estimate of drug-likeness (QED) is 0.582. The molecule has 0 fully saturated rings. The Labute approximate surface area is 93.1 Å². The minimum absolute atomic E-state index is 0.256. The van der Waals surface area contributed by atoms with Crippen LogP contribution in [0.1, 0.15) is 5.56 Å². The normalized spacial score (nSPS) is 13.6. The highest BCUT2D eigenvalue weighted by Gasteiger charge is 2.17. The third kappa shape index (κ3) is 1.99. The fourth-order valence-electron chi connectivity index (χ4n) is 1.41. The highest BCUT2D eigenvalue weighted by atomic mass is 32.1. The molecule has 0 spiro atoms. The standard InChI is InChI=1S/C11H10O3S/c1-13-11(12)8-4-7-5-9(15)2-3-10(7)14-6-8/h2-5,15H,6H2,1H3. The molecule has 0 saturated carbocycles. The van der Waals surface area contributed by atoms with Gasteiger partial charge in [0.1, 0.15) is 12.4 Å². The molecule has 0 amide bonds. The highest BCUT2D eigenvalue weighted by molar-refractivity contribution is 7.80. The summed E-state index contributed by atoms with van der Waals surface area (Å²) in [5, 5.41) is 0. The number of benzene rings is 1. The van der Waals surface area contributed by atoms with Crippen LogP contribution in [0.3, 0.4) is 0 Å². The zero-order valence-electron chi connectivity index (χ0n) is 8.19. The van der Waals surface area contributed by atoms with E-state index in [-0.39, 0.29) is 12.6 Å². The Hall–Kier alpha value is -1.42. The molecule has 15 heavy (non-hydrogen) atoms. The number of carbonyl (C=O) groups is 1. The van der Waals surface area contributed by atoms with Gasteiger partial charge in [-0.05, 0) is 24.3 Å². The van der Waals surface area contributed by atoms with Gasteiger partial charge in [0.25, 0.3) is 0 Å². The van der Waals surface area contributed by atoms with E-state index in [2.05, 4.69) is 17.4 Å². The molecule has 0 N–H and O–H groups in total. The summed E-state index contributed by atoms with van der Waals surface area (Å²) in [5.41, 5.74) is 1.37. The van der Waals surface area contributed by atoms with Crippen LogP contribution in [0.25, 0.3) is 6.08 Å². The summed E-state index contributed by atoms with van der Waals surface area (Å²) in [6, 6.07) is 5.53. The highest BCUT2D eigenvalue weighted by Crippen LogP contribution is 2.28. The largest absolute Gasteiger partial charge is 0.488 e. The summed E-state index contributed by atoms with van der Waals surface area (Å²) in [7, 11) is 1.35. The van der Waals surface area contributed by atoms with Crippen LogP contribution in [-0.2, 0) is 9.53 Å². The molecule has 1 aliphatic rings. The van der Waals surface area contributed by atoms with Crippen molar-refractivity contribution >= 4 is 24.7 Å². The van der Waals surface area contributed by atoms with Crippen molar-refractivity contribution in [3.8, 4) is 5.75 Å². The van der Waals surface area contributed by atoms with E-state index in [1.165, 1.54) is 7.11 Å². The van der Waals surface area contributed by atoms with E-state index in [9.17, 15) is 4.79 Å². The summed E-state index contributed by atoms with van der Waals surface area (Å²) in [6.07, 6.45) is 1.77. The van der Waals surface area contributed by atoms with E-state index < -0.39 is 0 Å². The minimum Gasteiger partial charge on any atom is -0.488 e. The van der Waals surface area contributed by atoms with Gasteiger partial charge in [0.15, 0.2) is 0 Å². The van der Waals surface area contributed by atoms with Gasteiger partial charge in [0.05, 0.1) is 12.7 Å². The molecule has 0 atom stereocenters. The van der Waals surface area contributed by atoms with Gasteiger partial charge in [0.2, 0.25) is 0 Å². The summed E-state index contributed by atoms with van der Waals surface area (Å²) < 4.78 is 10.0. The van der Waals surface area contributed by atoms with Gasteiger partial charge < -0.3 is 9.47 Å². The number of rotatable bonds is 1. The fourth-order valence-corrected chi connectivity index (χ4v) is 1.63. The summed E-state index contributed by atoms with van der Waals surface area (Å²) in [6.45, 7) is 0.256. The lowest BCUT2D eigenvalue weighted by molar-refractivity contribution is -0.136. The lowest BCUT2D eigenvalue weighted by Gasteiger charge is -2.16. The van der Waals surface area contributed by atoms with Crippen LogP contribution in [0.4, 0.5) is 0 Å². The van der Waals surface area contributed by atoms with Crippen molar-refractivity contribution in [2.75, 3.05) is 13.7 Å². The first-order chi connectivity index (χ1) is 7.20. The molecule has 0 saturated heterocycles. The van der Waals surface area contributed by atoms with Crippen LogP contribution in [0.15, 0.2) is 28.7 Å². The zero-order chi connectivity index (χ0) is 10.8. The third-order valence-electron chi connectivity index (χ3n) is 2.15. The summed E-state index contributed by atoms with van der Waals surface area (Å²) in [5.74, 6) is 0.408. The number of esters is 1. The Balaban J connectivity index is 2.39. The molecular formula is C11H10O3S. The molecule has 0 aliphatic carbocycles. The maximum Gasteiger partial charge on any atom is 0.337 e. The SMILES string of the molecule is COC(=O)C1=Cc2cc(S)ccc2OC1. The number of methoxy groups -OCH3 is 1. The van der Waals surface area contributed by atoms with Crippen LogP contribution in [0.2, 0.25) is 0 Å². The first kappa shape index (κ1) is 10.1. The van der Waals surface area contributed by atoms with Gasteiger partial charge in [-0.25, -0.2) is 4.79 Å². The van der Waals surface area contributed by atoms with Crippen molar-refractivity contribution < 1.29 is 14.3 Å². The molecular weight excluding hydrogens is 212 g/mol. The second kappa shape index (κ2) is 3.98. The number of carbonyl (C=O) groups excluding carboxylic acids is 1. The Morgan fingerprint density at radius 1 is 1.53 bits per heavy atom. The Kier molecular flexibility index (Phi) is 2.68. The van der Waals surface area contributed by atoms with Gasteiger partial charge in [-0.3, -0.25) is 0 Å². The van der Waals surface area contributed by atoms with Gasteiger partial charge in [-0.1, -0.05) is 0 Å². The smallest absolute Gasteiger partial charge is 0.337 e. The Bertz CT molecular complexity index is 437. The van der Waals surface area contributed by atoms with Gasteiger partial charge >= 0.3 is 5.97 Å². The molecule has 0 bridgehead atoms. The summed E-state index contributed by atoms with van der Waals surface area (Å²) in [4.78, 5) is 12.1. The molecule has 4 heteroatoms. The molecule has 0 unspecified atom stereocenters. The predicted molar refractivity (Wildman–Crippen MR) is 59.2 cm³/mol. The number of thiol groups is 1. The van der Waals surface area contributed by atoms with Crippen LogP contribution >= 0.6 is 12.6 Å². The number of ether oxygens (including phenoxy) is 2. The second-order valence-electron chi connectivity index (χ2n) is 3.17. The van der Waals surface area contributed by atoms with Crippen molar-refractivity contribution in [1.82, 2.24) is 0 Å². The Morgan fingerprint density at radius 2 is 2.33 bits per heavy atom. The monoisotopic (exact) mass is 222 g/mol. The zero-order valence-corrected chi connectivity index (χ0v) is 9.08. The lowest BCUT2D eigenvalue weighted by Crippen LogP contribution is -2.15. The number of fused-ring (bicyclic) bond motifs is 1. The molecule has 1 aromatic carbocycles. The van der Waals surface area contributed by atoms with Gasteiger partial charge in [0, 0.05) is 10.5 Å². The Morgan fingerprint density at radius 3 is 3.07 bits per heavy atom.